The van der Waals surface area contributed by atoms with Crippen LogP contribution < -0.4 is 10.1 Å². The van der Waals surface area contributed by atoms with Gasteiger partial charge < -0.3 is 10.1 Å². The summed E-state index contributed by atoms with van der Waals surface area (Å²) in [5.74, 6) is 0.917. The van der Waals surface area contributed by atoms with Gasteiger partial charge in [0.25, 0.3) is 0 Å². The van der Waals surface area contributed by atoms with E-state index in [1.165, 1.54) is 5.56 Å². The van der Waals surface area contributed by atoms with E-state index in [9.17, 15) is 0 Å². The maximum Gasteiger partial charge on any atom is 0.118 e. The van der Waals surface area contributed by atoms with Crippen LogP contribution in [-0.4, -0.2) is 20.2 Å². The van der Waals surface area contributed by atoms with Gasteiger partial charge in [0.15, 0.2) is 0 Å². The Bertz CT molecular complexity index is 248. The van der Waals surface area contributed by atoms with E-state index in [4.69, 9.17) is 4.74 Å². The minimum Gasteiger partial charge on any atom is -0.497 e. The fourth-order valence-electron chi connectivity index (χ4n) is 1.22. The highest BCUT2D eigenvalue weighted by Gasteiger charge is 1.99. The fraction of sp³-hybridized carbons (Fsp3) is 0.455. The van der Waals surface area contributed by atoms with Crippen molar-refractivity contribution in [2.45, 2.75) is 19.4 Å². The lowest BCUT2D eigenvalue weighted by Crippen LogP contribution is -2.23. The van der Waals surface area contributed by atoms with Crippen LogP contribution in [0.4, 0.5) is 0 Å². The van der Waals surface area contributed by atoms with Gasteiger partial charge in [0.2, 0.25) is 0 Å². The normalized spacial score (nSPS) is 11.6. The first-order valence-electron chi connectivity index (χ1n) is 4.56. The number of rotatable bonds is 4. The number of ether oxygens (including phenoxy) is 1. The van der Waals surface area contributed by atoms with Crippen LogP contribution in [0.2, 0.25) is 0 Å². The molecule has 14 heavy (non-hydrogen) atoms. The maximum atomic E-state index is 5.08. The van der Waals surface area contributed by atoms with Crippen molar-refractivity contribution in [2.75, 3.05) is 14.2 Å². The molecule has 2 nitrogen and oxygen atoms in total. The van der Waals surface area contributed by atoms with Crippen molar-refractivity contribution in [2.24, 2.45) is 0 Å². The van der Waals surface area contributed by atoms with Gasteiger partial charge in [-0.15, -0.1) is 12.4 Å². The van der Waals surface area contributed by atoms with Crippen molar-refractivity contribution in [1.82, 2.24) is 5.32 Å². The van der Waals surface area contributed by atoms with Crippen LogP contribution in [0, 0.1) is 0 Å². The molecule has 0 aliphatic carbocycles. The molecule has 0 saturated heterocycles. The van der Waals surface area contributed by atoms with Crippen LogP contribution in [0.15, 0.2) is 24.3 Å². The third-order valence-corrected chi connectivity index (χ3v) is 2.19. The molecule has 1 unspecified atom stereocenters. The zero-order chi connectivity index (χ0) is 9.68. The highest BCUT2D eigenvalue weighted by atomic mass is 35.5. The molecule has 1 aromatic rings. The fourth-order valence-corrected chi connectivity index (χ4v) is 1.22. The van der Waals surface area contributed by atoms with Crippen molar-refractivity contribution in [3.8, 4) is 5.75 Å². The van der Waals surface area contributed by atoms with Crippen molar-refractivity contribution < 1.29 is 4.74 Å². The molecule has 0 bridgehead atoms. The number of nitrogens with one attached hydrogen (secondary N) is 1. The largest absolute Gasteiger partial charge is 0.497 e. The average molecular weight is 216 g/mol. The van der Waals surface area contributed by atoms with Crippen molar-refractivity contribution >= 4 is 12.4 Å². The smallest absolute Gasteiger partial charge is 0.118 e. The van der Waals surface area contributed by atoms with Crippen LogP contribution in [0.1, 0.15) is 12.5 Å². The maximum absolute atomic E-state index is 5.08. The minimum atomic E-state index is 0. The summed E-state index contributed by atoms with van der Waals surface area (Å²) in [5, 5.41) is 3.21. The van der Waals surface area contributed by atoms with Crippen molar-refractivity contribution in [1.29, 1.82) is 0 Å². The van der Waals surface area contributed by atoms with E-state index in [0.717, 1.165) is 12.2 Å². The van der Waals surface area contributed by atoms with E-state index in [0.29, 0.717) is 6.04 Å². The molecule has 0 spiro atoms. The highest BCUT2D eigenvalue weighted by molar-refractivity contribution is 5.85. The van der Waals surface area contributed by atoms with Gasteiger partial charge in [-0.2, -0.15) is 0 Å². The molecule has 3 heteroatoms. The monoisotopic (exact) mass is 215 g/mol. The Hall–Kier alpha value is -0.730. The van der Waals surface area contributed by atoms with Crippen molar-refractivity contribution in [3.63, 3.8) is 0 Å². The van der Waals surface area contributed by atoms with Gasteiger partial charge in [0.1, 0.15) is 5.75 Å². The number of methoxy groups -OCH3 is 1. The van der Waals surface area contributed by atoms with Gasteiger partial charge >= 0.3 is 0 Å². The zero-order valence-corrected chi connectivity index (χ0v) is 9.73. The summed E-state index contributed by atoms with van der Waals surface area (Å²) < 4.78 is 5.08. The third kappa shape index (κ3) is 3.99. The summed E-state index contributed by atoms with van der Waals surface area (Å²) in [4.78, 5) is 0. The molecule has 1 atom stereocenters. The van der Waals surface area contributed by atoms with Gasteiger partial charge in [0.05, 0.1) is 7.11 Å². The molecule has 0 amide bonds. The molecule has 0 saturated carbocycles. The first-order valence-corrected chi connectivity index (χ1v) is 4.56. The summed E-state index contributed by atoms with van der Waals surface area (Å²) in [6.07, 6.45) is 1.06. The molecule has 1 N–H and O–H groups in total. The minimum absolute atomic E-state index is 0. The zero-order valence-electron chi connectivity index (χ0n) is 8.91. The quantitative estimate of drug-likeness (QED) is 0.832. The first-order chi connectivity index (χ1) is 6.26. The van der Waals surface area contributed by atoms with Crippen LogP contribution in [0.5, 0.6) is 5.75 Å². The number of likely N-dealkylation sites (N-methyl/N-ethyl adjacent to an activating group) is 1. The number of halogens is 1. The second-order valence-electron chi connectivity index (χ2n) is 3.24. The second-order valence-corrected chi connectivity index (χ2v) is 3.24. The summed E-state index contributed by atoms with van der Waals surface area (Å²) in [5.41, 5.74) is 1.34. The average Bonchev–Trinajstić information content (AvgIpc) is 2.19. The van der Waals surface area contributed by atoms with Gasteiger partial charge in [-0.3, -0.25) is 0 Å². The Morgan fingerprint density at radius 3 is 2.29 bits per heavy atom. The van der Waals surface area contributed by atoms with Gasteiger partial charge in [-0.25, -0.2) is 0 Å². The second kappa shape index (κ2) is 6.68. The molecule has 0 aromatic heterocycles. The number of hydrogen-bond donors (Lipinski definition) is 1. The molecule has 80 valence electrons. The lowest BCUT2D eigenvalue weighted by molar-refractivity contribution is 0.414. The summed E-state index contributed by atoms with van der Waals surface area (Å²) in [6, 6.07) is 8.72. The Labute approximate surface area is 92.1 Å². The molecular formula is C11H18ClNO. The molecule has 0 aliphatic rings. The lowest BCUT2D eigenvalue weighted by atomic mass is 10.1. The van der Waals surface area contributed by atoms with E-state index >= 15 is 0 Å². The Balaban J connectivity index is 0.00000169. The first kappa shape index (κ1) is 13.3. The Morgan fingerprint density at radius 2 is 1.86 bits per heavy atom. The third-order valence-electron chi connectivity index (χ3n) is 2.19. The van der Waals surface area contributed by atoms with Crippen LogP contribution in [-0.2, 0) is 6.42 Å². The molecule has 0 heterocycles. The van der Waals surface area contributed by atoms with E-state index in [1.54, 1.807) is 7.11 Å². The molecule has 1 rings (SSSR count). The van der Waals surface area contributed by atoms with Gasteiger partial charge in [-0.1, -0.05) is 12.1 Å². The predicted octanol–water partition coefficient (Wildman–Crippen LogP) is 2.27. The predicted molar refractivity (Wildman–Crippen MR) is 62.5 cm³/mol. The van der Waals surface area contributed by atoms with E-state index in [1.807, 2.05) is 19.2 Å². The van der Waals surface area contributed by atoms with Crippen LogP contribution in [0.3, 0.4) is 0 Å². The van der Waals surface area contributed by atoms with Crippen molar-refractivity contribution in [3.05, 3.63) is 29.8 Å². The topological polar surface area (TPSA) is 21.3 Å². The molecule has 0 fully saturated rings. The molecule has 1 aromatic carbocycles. The van der Waals surface area contributed by atoms with Gasteiger partial charge in [-0.05, 0) is 38.1 Å². The molecular weight excluding hydrogens is 198 g/mol. The highest BCUT2D eigenvalue weighted by Crippen LogP contribution is 2.12. The molecule has 0 radical (unpaired) electrons. The summed E-state index contributed by atoms with van der Waals surface area (Å²) in [6.45, 7) is 2.17. The standard InChI is InChI=1S/C11H17NO.ClH/c1-9(12-2)8-10-4-6-11(13-3)7-5-10;/h4-7,9,12H,8H2,1-3H3;1H. The number of benzene rings is 1. The van der Waals surface area contributed by atoms with Crippen LogP contribution >= 0.6 is 12.4 Å². The molecule has 0 aliphatic heterocycles. The van der Waals surface area contributed by atoms with Crippen LogP contribution in [0.25, 0.3) is 0 Å². The summed E-state index contributed by atoms with van der Waals surface area (Å²) >= 11 is 0. The van der Waals surface area contributed by atoms with E-state index < -0.39 is 0 Å². The van der Waals surface area contributed by atoms with Gasteiger partial charge in [0, 0.05) is 6.04 Å². The Morgan fingerprint density at radius 1 is 1.29 bits per heavy atom. The summed E-state index contributed by atoms with van der Waals surface area (Å²) in [7, 11) is 3.67. The SMILES string of the molecule is CNC(C)Cc1ccc(OC)cc1.Cl. The lowest BCUT2D eigenvalue weighted by Gasteiger charge is -2.09. The van der Waals surface area contributed by atoms with E-state index in [-0.39, 0.29) is 12.4 Å². The number of hydrogen-bond acceptors (Lipinski definition) is 2. The Kier molecular flexibility index (Phi) is 6.34. The van der Waals surface area contributed by atoms with E-state index in [2.05, 4.69) is 24.4 Å².